The number of nitrogens with one attached hydrogen (secondary N) is 1. The highest BCUT2D eigenvalue weighted by atomic mass is 127. The molecule has 0 aliphatic carbocycles. The zero-order chi connectivity index (χ0) is 14.7. The van der Waals surface area contributed by atoms with Gasteiger partial charge in [0.1, 0.15) is 0 Å². The molecular formula is C16H18ClFIN3. The Kier molecular flexibility index (Phi) is 6.40. The molecule has 1 aliphatic rings. The van der Waals surface area contributed by atoms with E-state index in [0.717, 1.165) is 31.7 Å². The molecule has 0 bridgehead atoms. The first-order valence-electron chi connectivity index (χ1n) is 7.05. The molecule has 0 spiro atoms. The fourth-order valence-corrected chi connectivity index (χ4v) is 3.23. The van der Waals surface area contributed by atoms with Crippen molar-refractivity contribution in [2.24, 2.45) is 0 Å². The lowest BCUT2D eigenvalue weighted by molar-refractivity contribution is 0.551. The Morgan fingerprint density at radius 2 is 2.18 bits per heavy atom. The zero-order valence-corrected chi connectivity index (χ0v) is 15.0. The Hall–Kier alpha value is -0.920. The molecule has 0 saturated carbocycles. The summed E-state index contributed by atoms with van der Waals surface area (Å²) < 4.78 is 14.1. The highest BCUT2D eigenvalue weighted by Gasteiger charge is 2.22. The van der Waals surface area contributed by atoms with E-state index in [4.69, 9.17) is 0 Å². The molecule has 1 aromatic carbocycles. The van der Waals surface area contributed by atoms with Crippen molar-refractivity contribution in [2.45, 2.75) is 19.0 Å². The summed E-state index contributed by atoms with van der Waals surface area (Å²) in [7, 11) is 0. The summed E-state index contributed by atoms with van der Waals surface area (Å²) >= 11 is 2.33. The van der Waals surface area contributed by atoms with E-state index >= 15 is 0 Å². The van der Waals surface area contributed by atoms with Crippen molar-refractivity contribution in [2.75, 3.05) is 18.0 Å². The minimum atomic E-state index is -0.425. The Balaban J connectivity index is 0.00000176. The highest BCUT2D eigenvalue weighted by Crippen LogP contribution is 2.19. The second-order valence-electron chi connectivity index (χ2n) is 5.28. The predicted molar refractivity (Wildman–Crippen MR) is 98.1 cm³/mol. The molecule has 0 amide bonds. The summed E-state index contributed by atoms with van der Waals surface area (Å²) in [6, 6.07) is 12.2. The lowest BCUT2D eigenvalue weighted by Gasteiger charge is -2.18. The smallest absolute Gasteiger partial charge is 0.212 e. The third-order valence-electron chi connectivity index (χ3n) is 3.75. The van der Waals surface area contributed by atoms with Crippen LogP contribution in [0.15, 0.2) is 42.6 Å². The maximum absolute atomic E-state index is 12.8. The van der Waals surface area contributed by atoms with Gasteiger partial charge in [-0.1, -0.05) is 12.1 Å². The molecule has 22 heavy (non-hydrogen) atoms. The molecule has 0 radical (unpaired) electrons. The number of halogens is 3. The van der Waals surface area contributed by atoms with E-state index in [1.54, 1.807) is 12.3 Å². The third kappa shape index (κ3) is 4.54. The lowest BCUT2D eigenvalue weighted by atomic mass is 10.2. The molecule has 1 saturated heterocycles. The number of anilines is 1. The molecule has 1 aliphatic heterocycles. The maximum atomic E-state index is 12.8. The van der Waals surface area contributed by atoms with Crippen LogP contribution in [0.3, 0.4) is 0 Å². The summed E-state index contributed by atoms with van der Waals surface area (Å²) in [5, 5.41) is 3.60. The monoisotopic (exact) mass is 433 g/mol. The van der Waals surface area contributed by atoms with Gasteiger partial charge in [-0.05, 0) is 58.8 Å². The molecule has 2 aromatic rings. The van der Waals surface area contributed by atoms with Crippen LogP contribution in [0.2, 0.25) is 0 Å². The Morgan fingerprint density at radius 1 is 1.32 bits per heavy atom. The molecule has 3 nitrogen and oxygen atoms in total. The van der Waals surface area contributed by atoms with E-state index in [2.05, 4.69) is 62.1 Å². The van der Waals surface area contributed by atoms with E-state index in [0.29, 0.717) is 6.04 Å². The van der Waals surface area contributed by atoms with Crippen LogP contribution >= 0.6 is 35.0 Å². The minimum absolute atomic E-state index is 0. The van der Waals surface area contributed by atoms with Gasteiger partial charge in [0.15, 0.2) is 0 Å². The van der Waals surface area contributed by atoms with Gasteiger partial charge < -0.3 is 10.2 Å². The van der Waals surface area contributed by atoms with E-state index in [9.17, 15) is 4.39 Å². The first-order chi connectivity index (χ1) is 10.2. The fourth-order valence-electron chi connectivity index (χ4n) is 2.63. The van der Waals surface area contributed by atoms with Crippen molar-refractivity contribution in [3.8, 4) is 0 Å². The number of hydrogen-bond acceptors (Lipinski definition) is 3. The number of rotatable bonds is 4. The van der Waals surface area contributed by atoms with Gasteiger partial charge in [0.25, 0.3) is 0 Å². The van der Waals surface area contributed by atoms with Crippen molar-refractivity contribution >= 4 is 40.7 Å². The van der Waals surface area contributed by atoms with Crippen molar-refractivity contribution < 1.29 is 4.39 Å². The summed E-state index contributed by atoms with van der Waals surface area (Å²) in [5.41, 5.74) is 2.30. The molecule has 3 rings (SSSR count). The first kappa shape index (κ1) is 17.4. The number of aromatic nitrogens is 1. The van der Waals surface area contributed by atoms with Crippen molar-refractivity contribution in [1.29, 1.82) is 0 Å². The average molecular weight is 434 g/mol. The molecule has 1 fully saturated rings. The lowest BCUT2D eigenvalue weighted by Crippen LogP contribution is -2.32. The van der Waals surface area contributed by atoms with Crippen molar-refractivity contribution in [3.63, 3.8) is 0 Å². The molecule has 2 heterocycles. The van der Waals surface area contributed by atoms with Gasteiger partial charge in [-0.2, -0.15) is 4.39 Å². The zero-order valence-electron chi connectivity index (χ0n) is 12.0. The number of nitrogens with zero attached hydrogens (tertiary/aromatic N) is 2. The van der Waals surface area contributed by atoms with Crippen LogP contribution in [0.1, 0.15) is 12.0 Å². The van der Waals surface area contributed by atoms with Crippen LogP contribution in [-0.2, 0) is 6.54 Å². The molecule has 6 heteroatoms. The number of benzene rings is 1. The largest absolute Gasteiger partial charge is 0.369 e. The molecule has 1 N–H and O–H groups in total. The summed E-state index contributed by atoms with van der Waals surface area (Å²) in [6.07, 6.45) is 2.71. The second-order valence-corrected chi connectivity index (χ2v) is 6.53. The van der Waals surface area contributed by atoms with Crippen LogP contribution in [0, 0.1) is 9.52 Å². The highest BCUT2D eigenvalue weighted by molar-refractivity contribution is 14.1. The van der Waals surface area contributed by atoms with E-state index in [1.807, 2.05) is 0 Å². The molecule has 0 unspecified atom stereocenters. The SMILES string of the molecule is Cl.Fc1ccc(N2CC[C@H](NCc3cccc(I)c3)C2)cn1. The van der Waals surface area contributed by atoms with Gasteiger partial charge in [0.05, 0.1) is 11.9 Å². The fraction of sp³-hybridized carbons (Fsp3) is 0.312. The van der Waals surface area contributed by atoms with E-state index < -0.39 is 5.95 Å². The molecular weight excluding hydrogens is 416 g/mol. The maximum Gasteiger partial charge on any atom is 0.212 e. The normalized spacial score (nSPS) is 17.4. The van der Waals surface area contributed by atoms with Crippen molar-refractivity contribution in [3.05, 3.63) is 57.7 Å². The van der Waals surface area contributed by atoms with Gasteiger partial charge in [0.2, 0.25) is 5.95 Å². The van der Waals surface area contributed by atoms with E-state index in [1.165, 1.54) is 15.2 Å². The van der Waals surface area contributed by atoms with Gasteiger partial charge in [-0.25, -0.2) is 4.98 Å². The van der Waals surface area contributed by atoms with Crippen LogP contribution in [0.25, 0.3) is 0 Å². The molecule has 118 valence electrons. The van der Waals surface area contributed by atoms with Crippen LogP contribution in [0.4, 0.5) is 10.1 Å². The quantitative estimate of drug-likeness (QED) is 0.590. The Labute approximate surface area is 149 Å². The summed E-state index contributed by atoms with van der Waals surface area (Å²) in [4.78, 5) is 5.97. The second kappa shape index (κ2) is 8.08. The third-order valence-corrected chi connectivity index (χ3v) is 4.42. The molecule has 1 atom stereocenters. The van der Waals surface area contributed by atoms with Crippen LogP contribution in [0.5, 0.6) is 0 Å². The summed E-state index contributed by atoms with van der Waals surface area (Å²) in [6.45, 7) is 2.81. The average Bonchev–Trinajstić information content (AvgIpc) is 2.95. The number of pyridine rings is 1. The van der Waals surface area contributed by atoms with Gasteiger partial charge in [0, 0.05) is 29.2 Å². The molecule has 1 aromatic heterocycles. The van der Waals surface area contributed by atoms with Gasteiger partial charge >= 0.3 is 0 Å². The van der Waals surface area contributed by atoms with Crippen LogP contribution in [-0.4, -0.2) is 24.1 Å². The van der Waals surface area contributed by atoms with Gasteiger partial charge in [-0.15, -0.1) is 12.4 Å². The topological polar surface area (TPSA) is 28.2 Å². The predicted octanol–water partition coefficient (Wildman–Crippen LogP) is 3.62. The van der Waals surface area contributed by atoms with E-state index in [-0.39, 0.29) is 12.4 Å². The number of hydrogen-bond donors (Lipinski definition) is 1. The Morgan fingerprint density at radius 3 is 2.91 bits per heavy atom. The first-order valence-corrected chi connectivity index (χ1v) is 8.13. The van der Waals surface area contributed by atoms with Crippen molar-refractivity contribution in [1.82, 2.24) is 10.3 Å². The summed E-state index contributed by atoms with van der Waals surface area (Å²) in [5.74, 6) is -0.425. The standard InChI is InChI=1S/C16H17FIN3.ClH/c17-16-5-4-15(10-20-16)21-7-6-14(11-21)19-9-12-2-1-3-13(18)8-12;/h1-5,8,10,14,19H,6-7,9,11H2;1H/t14-;/m0./s1. The Bertz CT molecular complexity index is 609. The van der Waals surface area contributed by atoms with Crippen LogP contribution < -0.4 is 10.2 Å². The minimum Gasteiger partial charge on any atom is -0.369 e. The van der Waals surface area contributed by atoms with Gasteiger partial charge in [-0.3, -0.25) is 0 Å².